The molecule has 1 aliphatic rings. The summed E-state index contributed by atoms with van der Waals surface area (Å²) in [5.41, 5.74) is -0.118. The van der Waals surface area contributed by atoms with Gasteiger partial charge in [0.1, 0.15) is 0 Å². The van der Waals surface area contributed by atoms with E-state index in [1.54, 1.807) is 6.07 Å². The summed E-state index contributed by atoms with van der Waals surface area (Å²) in [5.74, 6) is 0.633. The molecule has 0 aromatic carbocycles. The van der Waals surface area contributed by atoms with E-state index in [0.29, 0.717) is 50.1 Å². The molecule has 1 aromatic heterocycles. The third-order valence-corrected chi connectivity index (χ3v) is 7.42. The van der Waals surface area contributed by atoms with E-state index < -0.39 is 10.0 Å². The number of thiophene rings is 1. The van der Waals surface area contributed by atoms with Crippen molar-refractivity contribution in [3.63, 3.8) is 0 Å². The number of rotatable bonds is 10. The number of aryl methyl sites for hydroxylation is 2. The third-order valence-electron chi connectivity index (χ3n) is 4.74. The van der Waals surface area contributed by atoms with E-state index in [9.17, 15) is 13.5 Å². The molecule has 0 saturated carbocycles. The quantitative estimate of drug-likeness (QED) is 0.249. The van der Waals surface area contributed by atoms with Crippen LogP contribution in [-0.4, -0.2) is 65.5 Å². The summed E-state index contributed by atoms with van der Waals surface area (Å²) in [7, 11) is -3.51. The molecule has 1 saturated heterocycles. The molecule has 10 heteroatoms. The Morgan fingerprint density at radius 2 is 2.14 bits per heavy atom. The van der Waals surface area contributed by atoms with Gasteiger partial charge in [-0.2, -0.15) is 0 Å². The van der Waals surface area contributed by atoms with Gasteiger partial charge in [0, 0.05) is 48.0 Å². The molecule has 4 N–H and O–H groups in total. The maximum atomic E-state index is 12.4. The highest BCUT2D eigenvalue weighted by atomic mass is 32.2. The lowest BCUT2D eigenvalue weighted by molar-refractivity contribution is 0.131. The summed E-state index contributed by atoms with van der Waals surface area (Å²) in [4.78, 5) is 6.74. The van der Waals surface area contributed by atoms with Crippen LogP contribution in [0.3, 0.4) is 0 Å². The first-order valence-electron chi connectivity index (χ1n) is 9.59. The summed E-state index contributed by atoms with van der Waals surface area (Å²) in [6.07, 6.45) is 1.55. The molecule has 0 bridgehead atoms. The smallest absolute Gasteiger partial charge is 0.241 e. The van der Waals surface area contributed by atoms with Crippen LogP contribution in [0.25, 0.3) is 0 Å². The molecule has 2 rings (SSSR count). The first-order valence-corrected chi connectivity index (χ1v) is 11.9. The summed E-state index contributed by atoms with van der Waals surface area (Å²) in [6, 6.07) is 1.70. The second-order valence-corrected chi connectivity index (χ2v) is 10.3. The molecular formula is C18H32N4O4S2. The van der Waals surface area contributed by atoms with Gasteiger partial charge in [0.25, 0.3) is 0 Å². The molecule has 1 aliphatic heterocycles. The molecule has 0 amide bonds. The van der Waals surface area contributed by atoms with Crippen molar-refractivity contribution < 1.29 is 18.3 Å². The number of nitrogens with zero attached hydrogens (tertiary/aromatic N) is 1. The van der Waals surface area contributed by atoms with E-state index >= 15 is 0 Å². The Labute approximate surface area is 171 Å². The molecule has 160 valence electrons. The fourth-order valence-electron chi connectivity index (χ4n) is 3.19. The van der Waals surface area contributed by atoms with Crippen molar-refractivity contribution in [2.24, 2.45) is 10.4 Å². The standard InChI is InChI=1S/C18H32N4O4S2/c1-4-19-17(21-12-18(5-9-23)6-10-26-13-18)20-7-8-22-28(24,25)16-11-14(2)27-15(16)3/h11,22-23H,4-10,12-13H2,1-3H3,(H2,19,20,21). The lowest BCUT2D eigenvalue weighted by Gasteiger charge is -2.24. The van der Waals surface area contributed by atoms with Gasteiger partial charge in [-0.05, 0) is 39.7 Å². The van der Waals surface area contributed by atoms with Gasteiger partial charge < -0.3 is 20.5 Å². The number of aliphatic imine (C=N–C) groups is 1. The second-order valence-electron chi connectivity index (χ2n) is 7.07. The van der Waals surface area contributed by atoms with Gasteiger partial charge in [-0.25, -0.2) is 13.1 Å². The van der Waals surface area contributed by atoms with Crippen LogP contribution in [0.1, 0.15) is 29.5 Å². The predicted molar refractivity (Wildman–Crippen MR) is 113 cm³/mol. The van der Waals surface area contributed by atoms with Crippen molar-refractivity contribution in [1.29, 1.82) is 0 Å². The maximum absolute atomic E-state index is 12.4. The Kier molecular flexibility index (Phi) is 8.69. The minimum atomic E-state index is -3.51. The normalized spacial score (nSPS) is 20.5. The summed E-state index contributed by atoms with van der Waals surface area (Å²) in [6.45, 7) is 9.04. The number of ether oxygens (including phenoxy) is 1. The third kappa shape index (κ3) is 6.41. The van der Waals surface area contributed by atoms with Crippen LogP contribution in [0.4, 0.5) is 0 Å². The largest absolute Gasteiger partial charge is 0.396 e. The summed E-state index contributed by atoms with van der Waals surface area (Å²) in [5, 5.41) is 15.7. The Balaban J connectivity index is 1.88. The summed E-state index contributed by atoms with van der Waals surface area (Å²) >= 11 is 1.48. The van der Waals surface area contributed by atoms with Crippen LogP contribution < -0.4 is 15.4 Å². The number of aliphatic hydroxyl groups is 1. The first kappa shape index (κ1) is 23.1. The van der Waals surface area contributed by atoms with Gasteiger partial charge in [-0.3, -0.25) is 4.99 Å². The Hall–Kier alpha value is -1.20. The van der Waals surface area contributed by atoms with E-state index in [2.05, 4.69) is 20.3 Å². The van der Waals surface area contributed by atoms with Crippen LogP contribution >= 0.6 is 11.3 Å². The van der Waals surface area contributed by atoms with E-state index in [1.165, 1.54) is 11.3 Å². The topological polar surface area (TPSA) is 112 Å². The molecule has 1 unspecified atom stereocenters. The molecule has 1 fully saturated rings. The first-order chi connectivity index (χ1) is 13.3. The maximum Gasteiger partial charge on any atom is 0.241 e. The minimum absolute atomic E-state index is 0.117. The highest BCUT2D eigenvalue weighted by Gasteiger charge is 2.34. The van der Waals surface area contributed by atoms with Crippen molar-refractivity contribution in [1.82, 2.24) is 15.4 Å². The van der Waals surface area contributed by atoms with Crippen molar-refractivity contribution in [3.8, 4) is 0 Å². The zero-order valence-electron chi connectivity index (χ0n) is 16.9. The van der Waals surface area contributed by atoms with E-state index in [4.69, 9.17) is 4.74 Å². The summed E-state index contributed by atoms with van der Waals surface area (Å²) < 4.78 is 33.0. The van der Waals surface area contributed by atoms with Crippen LogP contribution in [0, 0.1) is 19.3 Å². The van der Waals surface area contributed by atoms with Crippen LogP contribution in [0.2, 0.25) is 0 Å². The lowest BCUT2D eigenvalue weighted by Crippen LogP contribution is -2.42. The SMILES string of the molecule is CCNC(=NCC1(CCO)CCOC1)NCCNS(=O)(=O)c1cc(C)sc1C. The minimum Gasteiger partial charge on any atom is -0.396 e. The Morgan fingerprint density at radius 1 is 1.36 bits per heavy atom. The van der Waals surface area contributed by atoms with E-state index in [0.717, 1.165) is 16.2 Å². The lowest BCUT2D eigenvalue weighted by atomic mass is 9.84. The van der Waals surface area contributed by atoms with Crippen LogP contribution in [-0.2, 0) is 14.8 Å². The van der Waals surface area contributed by atoms with Crippen molar-refractivity contribution in [2.45, 2.75) is 38.5 Å². The van der Waals surface area contributed by atoms with Gasteiger partial charge in [0.2, 0.25) is 10.0 Å². The Bertz CT molecular complexity index is 756. The molecule has 0 spiro atoms. The number of guanidine groups is 1. The molecule has 1 atom stereocenters. The van der Waals surface area contributed by atoms with Gasteiger partial charge in [-0.1, -0.05) is 0 Å². The highest BCUT2D eigenvalue weighted by Crippen LogP contribution is 2.32. The van der Waals surface area contributed by atoms with Gasteiger partial charge in [0.15, 0.2) is 5.96 Å². The average Bonchev–Trinajstić information content (AvgIpc) is 3.23. The van der Waals surface area contributed by atoms with E-state index in [1.807, 2.05) is 20.8 Å². The number of hydrogen-bond acceptors (Lipinski definition) is 6. The highest BCUT2D eigenvalue weighted by molar-refractivity contribution is 7.89. The number of nitrogens with one attached hydrogen (secondary N) is 3. The average molecular weight is 433 g/mol. The predicted octanol–water partition coefficient (Wildman–Crippen LogP) is 0.987. The zero-order valence-corrected chi connectivity index (χ0v) is 18.5. The Morgan fingerprint density at radius 3 is 2.71 bits per heavy atom. The molecular weight excluding hydrogens is 400 g/mol. The second kappa shape index (κ2) is 10.5. The molecule has 28 heavy (non-hydrogen) atoms. The van der Waals surface area contributed by atoms with Gasteiger partial charge in [-0.15, -0.1) is 11.3 Å². The molecule has 2 heterocycles. The molecule has 0 aliphatic carbocycles. The van der Waals surface area contributed by atoms with Crippen molar-refractivity contribution >= 4 is 27.3 Å². The zero-order chi connectivity index (χ0) is 20.6. The van der Waals surface area contributed by atoms with Crippen LogP contribution in [0.15, 0.2) is 16.0 Å². The number of sulfonamides is 1. The fraction of sp³-hybridized carbons (Fsp3) is 0.722. The molecule has 8 nitrogen and oxygen atoms in total. The van der Waals surface area contributed by atoms with Gasteiger partial charge in [0.05, 0.1) is 18.0 Å². The molecule has 1 aromatic rings. The monoisotopic (exact) mass is 432 g/mol. The van der Waals surface area contributed by atoms with Crippen molar-refractivity contribution in [3.05, 3.63) is 15.8 Å². The number of aliphatic hydroxyl groups excluding tert-OH is 1. The molecule has 0 radical (unpaired) electrons. The van der Waals surface area contributed by atoms with Crippen LogP contribution in [0.5, 0.6) is 0 Å². The van der Waals surface area contributed by atoms with Crippen molar-refractivity contribution in [2.75, 3.05) is 46.0 Å². The fourth-order valence-corrected chi connectivity index (χ4v) is 5.78. The van der Waals surface area contributed by atoms with E-state index in [-0.39, 0.29) is 18.6 Å². The number of hydrogen-bond donors (Lipinski definition) is 4. The van der Waals surface area contributed by atoms with Gasteiger partial charge >= 0.3 is 0 Å².